The molecule has 3 aromatic rings. The van der Waals surface area contributed by atoms with E-state index in [4.69, 9.17) is 5.26 Å². The zero-order valence-electron chi connectivity index (χ0n) is 12.7. The highest BCUT2D eigenvalue weighted by Gasteiger charge is 2.11. The molecular weight excluding hydrogens is 270 g/mol. The smallest absolute Gasteiger partial charge is 0.0991 e. The monoisotopic (exact) mass is 287 g/mol. The Bertz CT molecular complexity index is 822. The molecule has 0 amide bonds. The van der Waals surface area contributed by atoms with Gasteiger partial charge in [0.05, 0.1) is 11.6 Å². The van der Waals surface area contributed by atoms with Crippen LogP contribution in [-0.2, 0) is 6.54 Å². The van der Waals surface area contributed by atoms with Crippen molar-refractivity contribution in [1.82, 2.24) is 9.55 Å². The van der Waals surface area contributed by atoms with Crippen molar-refractivity contribution in [2.75, 3.05) is 0 Å². The van der Waals surface area contributed by atoms with Gasteiger partial charge in [-0.05, 0) is 49.2 Å². The summed E-state index contributed by atoms with van der Waals surface area (Å²) in [6.07, 6.45) is 3.70. The molecule has 0 aliphatic carbocycles. The van der Waals surface area contributed by atoms with E-state index in [1.807, 2.05) is 36.5 Å². The fourth-order valence-corrected chi connectivity index (χ4v) is 2.74. The number of benzene rings is 1. The fraction of sp³-hybridized carbons (Fsp3) is 0.158. The van der Waals surface area contributed by atoms with Crippen LogP contribution < -0.4 is 0 Å². The molecule has 108 valence electrons. The van der Waals surface area contributed by atoms with Crippen LogP contribution in [0, 0.1) is 25.2 Å². The molecule has 3 rings (SSSR count). The number of pyridine rings is 1. The molecule has 0 unspecified atom stereocenters. The summed E-state index contributed by atoms with van der Waals surface area (Å²) < 4.78 is 2.30. The number of hydrogen-bond donors (Lipinski definition) is 0. The van der Waals surface area contributed by atoms with Gasteiger partial charge in [0.2, 0.25) is 0 Å². The molecule has 0 fully saturated rings. The Balaban J connectivity index is 1.97. The third-order valence-electron chi connectivity index (χ3n) is 3.96. The quantitative estimate of drug-likeness (QED) is 0.728. The van der Waals surface area contributed by atoms with Crippen molar-refractivity contribution in [2.45, 2.75) is 20.4 Å². The van der Waals surface area contributed by atoms with Crippen LogP contribution in [0.5, 0.6) is 0 Å². The predicted octanol–water partition coefficient (Wildman–Crippen LogP) is 4.09. The number of nitrogens with zero attached hydrogens (tertiary/aromatic N) is 3. The molecule has 0 atom stereocenters. The van der Waals surface area contributed by atoms with Crippen molar-refractivity contribution in [2.24, 2.45) is 0 Å². The lowest BCUT2D eigenvalue weighted by atomic mass is 10.0. The first kappa shape index (κ1) is 14.1. The minimum Gasteiger partial charge on any atom is -0.344 e. The highest BCUT2D eigenvalue weighted by Crippen LogP contribution is 2.27. The lowest BCUT2D eigenvalue weighted by Gasteiger charge is -2.10. The van der Waals surface area contributed by atoms with Gasteiger partial charge in [-0.25, -0.2) is 0 Å². The van der Waals surface area contributed by atoms with Gasteiger partial charge in [-0.1, -0.05) is 18.2 Å². The number of aryl methyl sites for hydroxylation is 1. The zero-order valence-corrected chi connectivity index (χ0v) is 12.7. The lowest BCUT2D eigenvalue weighted by Crippen LogP contribution is -2.04. The number of aromatic nitrogens is 2. The molecular formula is C19H17N3. The van der Waals surface area contributed by atoms with Crippen molar-refractivity contribution in [3.05, 3.63) is 77.4 Å². The maximum atomic E-state index is 8.91. The SMILES string of the molecule is Cc1cc(-c2ccc(C#N)cc2)c(C)n1Cc1cccnc1. The third-order valence-corrected chi connectivity index (χ3v) is 3.96. The normalized spacial score (nSPS) is 10.4. The molecule has 0 aliphatic rings. The fourth-order valence-electron chi connectivity index (χ4n) is 2.74. The van der Waals surface area contributed by atoms with Crippen LogP contribution in [-0.4, -0.2) is 9.55 Å². The Hall–Kier alpha value is -2.86. The van der Waals surface area contributed by atoms with Crippen LogP contribution in [0.4, 0.5) is 0 Å². The molecule has 2 heterocycles. The van der Waals surface area contributed by atoms with E-state index in [0.29, 0.717) is 5.56 Å². The molecule has 0 bridgehead atoms. The Morgan fingerprint density at radius 1 is 1.14 bits per heavy atom. The van der Waals surface area contributed by atoms with Gasteiger partial charge in [-0.3, -0.25) is 4.98 Å². The third kappa shape index (κ3) is 2.64. The minimum atomic E-state index is 0.688. The average molecular weight is 287 g/mol. The van der Waals surface area contributed by atoms with Gasteiger partial charge < -0.3 is 4.57 Å². The first-order valence-electron chi connectivity index (χ1n) is 7.25. The molecule has 2 aromatic heterocycles. The van der Waals surface area contributed by atoms with Crippen LogP contribution in [0.15, 0.2) is 54.9 Å². The predicted molar refractivity (Wildman–Crippen MR) is 87.4 cm³/mol. The van der Waals surface area contributed by atoms with Crippen LogP contribution >= 0.6 is 0 Å². The summed E-state index contributed by atoms with van der Waals surface area (Å²) >= 11 is 0. The number of nitriles is 1. The van der Waals surface area contributed by atoms with E-state index in [1.165, 1.54) is 22.5 Å². The molecule has 1 aromatic carbocycles. The van der Waals surface area contributed by atoms with Gasteiger partial charge in [-0.2, -0.15) is 5.26 Å². The Labute approximate surface area is 130 Å². The number of rotatable bonds is 3. The highest BCUT2D eigenvalue weighted by atomic mass is 15.0. The van der Waals surface area contributed by atoms with E-state index in [9.17, 15) is 0 Å². The van der Waals surface area contributed by atoms with Crippen LogP contribution in [0.1, 0.15) is 22.5 Å². The summed E-state index contributed by atoms with van der Waals surface area (Å²) in [5.74, 6) is 0. The van der Waals surface area contributed by atoms with Crippen LogP contribution in [0.25, 0.3) is 11.1 Å². The molecule has 0 saturated carbocycles. The maximum Gasteiger partial charge on any atom is 0.0991 e. The van der Waals surface area contributed by atoms with Gasteiger partial charge in [-0.15, -0.1) is 0 Å². The Morgan fingerprint density at radius 2 is 1.91 bits per heavy atom. The zero-order chi connectivity index (χ0) is 15.5. The minimum absolute atomic E-state index is 0.688. The highest BCUT2D eigenvalue weighted by molar-refractivity contribution is 5.68. The first-order chi connectivity index (χ1) is 10.7. The average Bonchev–Trinajstić information content (AvgIpc) is 2.84. The second kappa shape index (κ2) is 5.87. The van der Waals surface area contributed by atoms with Crippen molar-refractivity contribution < 1.29 is 0 Å². The van der Waals surface area contributed by atoms with Gasteiger partial charge in [0, 0.05) is 35.9 Å². The van der Waals surface area contributed by atoms with E-state index in [1.54, 1.807) is 6.20 Å². The largest absolute Gasteiger partial charge is 0.344 e. The van der Waals surface area contributed by atoms with Crippen molar-refractivity contribution in [3.63, 3.8) is 0 Å². The lowest BCUT2D eigenvalue weighted by molar-refractivity contribution is 0.747. The molecule has 22 heavy (non-hydrogen) atoms. The van der Waals surface area contributed by atoms with E-state index in [0.717, 1.165) is 12.1 Å². The van der Waals surface area contributed by atoms with Crippen LogP contribution in [0.2, 0.25) is 0 Å². The molecule has 3 nitrogen and oxygen atoms in total. The van der Waals surface area contributed by atoms with E-state index < -0.39 is 0 Å². The summed E-state index contributed by atoms with van der Waals surface area (Å²) in [4.78, 5) is 4.18. The second-order valence-corrected chi connectivity index (χ2v) is 5.42. The Kier molecular flexibility index (Phi) is 3.76. The standard InChI is InChI=1S/C19H17N3/c1-14-10-19(18-7-5-16(11-20)6-8-18)15(2)22(14)13-17-4-3-9-21-12-17/h3-10,12H,13H2,1-2H3. The van der Waals surface area contributed by atoms with E-state index in [2.05, 4.69) is 41.6 Å². The molecule has 0 aliphatic heterocycles. The number of hydrogen-bond acceptors (Lipinski definition) is 2. The summed E-state index contributed by atoms with van der Waals surface area (Å²) in [6.45, 7) is 5.08. The summed E-state index contributed by atoms with van der Waals surface area (Å²) in [6, 6.07) is 16.2. The molecule has 3 heteroatoms. The van der Waals surface area contributed by atoms with Crippen molar-refractivity contribution >= 4 is 0 Å². The second-order valence-electron chi connectivity index (χ2n) is 5.42. The Morgan fingerprint density at radius 3 is 2.55 bits per heavy atom. The summed E-state index contributed by atoms with van der Waals surface area (Å²) in [7, 11) is 0. The maximum absolute atomic E-state index is 8.91. The van der Waals surface area contributed by atoms with E-state index in [-0.39, 0.29) is 0 Å². The molecule has 0 N–H and O–H groups in total. The van der Waals surface area contributed by atoms with E-state index >= 15 is 0 Å². The first-order valence-corrected chi connectivity index (χ1v) is 7.25. The van der Waals surface area contributed by atoms with Gasteiger partial charge in [0.15, 0.2) is 0 Å². The molecule has 0 spiro atoms. The van der Waals surface area contributed by atoms with Crippen LogP contribution in [0.3, 0.4) is 0 Å². The van der Waals surface area contributed by atoms with Gasteiger partial charge >= 0.3 is 0 Å². The molecule has 0 radical (unpaired) electrons. The summed E-state index contributed by atoms with van der Waals surface area (Å²) in [5, 5.41) is 8.91. The van der Waals surface area contributed by atoms with Crippen molar-refractivity contribution in [3.8, 4) is 17.2 Å². The van der Waals surface area contributed by atoms with Crippen molar-refractivity contribution in [1.29, 1.82) is 5.26 Å². The van der Waals surface area contributed by atoms with Gasteiger partial charge in [0.1, 0.15) is 0 Å². The van der Waals surface area contributed by atoms with Gasteiger partial charge in [0.25, 0.3) is 0 Å². The topological polar surface area (TPSA) is 41.6 Å². The molecule has 0 saturated heterocycles. The summed E-state index contributed by atoms with van der Waals surface area (Å²) in [5.41, 5.74) is 6.69.